The molecule has 1 heterocycles. The SMILES string of the molecule is COc1cccc2[nH]c(CCCN(C)CC[C@]3(OC(=O)NC(C)C)C[C@H]4CC[C@H]3C=C4c3ccccc3)nc12. The van der Waals surface area contributed by atoms with Crippen LogP contribution in [0, 0.1) is 11.8 Å². The number of para-hydroxylation sites is 1. The van der Waals surface area contributed by atoms with Gasteiger partial charge in [-0.3, -0.25) is 0 Å². The second kappa shape index (κ2) is 11.8. The molecule has 3 aliphatic carbocycles. The van der Waals surface area contributed by atoms with Crippen molar-refractivity contribution in [2.75, 3.05) is 27.2 Å². The van der Waals surface area contributed by atoms with Gasteiger partial charge in [-0.25, -0.2) is 9.78 Å². The van der Waals surface area contributed by atoms with Gasteiger partial charge in [-0.2, -0.15) is 0 Å². The van der Waals surface area contributed by atoms with Gasteiger partial charge in [0.15, 0.2) is 0 Å². The molecule has 7 nitrogen and oxygen atoms in total. The number of carbonyl (C=O) groups excluding carboxylic acids is 1. The van der Waals surface area contributed by atoms with Gasteiger partial charge in [-0.15, -0.1) is 0 Å². The summed E-state index contributed by atoms with van der Waals surface area (Å²) in [5.74, 6) is 2.43. The largest absolute Gasteiger partial charge is 0.494 e. The second-order valence-corrected chi connectivity index (χ2v) is 11.5. The summed E-state index contributed by atoms with van der Waals surface area (Å²) >= 11 is 0. The van der Waals surface area contributed by atoms with Crippen molar-refractivity contribution in [2.45, 2.75) is 64.0 Å². The first kappa shape index (κ1) is 27.3. The van der Waals surface area contributed by atoms with Crippen molar-refractivity contribution in [3.63, 3.8) is 0 Å². The van der Waals surface area contributed by atoms with Crippen molar-refractivity contribution in [1.82, 2.24) is 20.2 Å². The number of aromatic nitrogens is 2. The van der Waals surface area contributed by atoms with E-state index in [2.05, 4.69) is 58.7 Å². The number of carbonyl (C=O) groups is 1. The van der Waals surface area contributed by atoms with E-state index in [1.807, 2.05) is 32.0 Å². The lowest BCUT2D eigenvalue weighted by Gasteiger charge is -2.50. The van der Waals surface area contributed by atoms with Gasteiger partial charge in [0.05, 0.1) is 12.6 Å². The van der Waals surface area contributed by atoms with Gasteiger partial charge >= 0.3 is 6.09 Å². The number of fused-ring (bicyclic) bond motifs is 3. The predicted molar refractivity (Wildman–Crippen MR) is 156 cm³/mol. The Balaban J connectivity index is 1.23. The number of alkyl carbamates (subject to hydrolysis) is 1. The molecule has 6 rings (SSSR count). The van der Waals surface area contributed by atoms with Crippen molar-refractivity contribution < 1.29 is 14.3 Å². The lowest BCUT2D eigenvalue weighted by molar-refractivity contribution is -0.0682. The van der Waals surface area contributed by atoms with E-state index in [9.17, 15) is 4.79 Å². The molecule has 1 aromatic heterocycles. The number of H-pyrrole nitrogens is 1. The van der Waals surface area contributed by atoms with E-state index in [0.29, 0.717) is 5.92 Å². The zero-order valence-corrected chi connectivity index (χ0v) is 23.7. The Morgan fingerprint density at radius 2 is 1.97 bits per heavy atom. The minimum Gasteiger partial charge on any atom is -0.494 e. The standard InChI is InChI=1S/C32H42N4O3/c1-22(2)33-31(37)39-32(21-24-15-16-25(32)20-26(24)23-10-6-5-7-11-23)17-19-36(3)18-9-14-29-34-27-12-8-13-28(38-4)30(27)35-29/h5-8,10-13,20,22,24-25H,9,14-19,21H2,1-4H3,(H,33,37)(H,34,35)/t24-,25+,32+/m1/s1. The second-order valence-electron chi connectivity index (χ2n) is 11.5. The smallest absolute Gasteiger partial charge is 0.407 e. The summed E-state index contributed by atoms with van der Waals surface area (Å²) in [6.07, 6.45) is 7.91. The number of allylic oxidation sites excluding steroid dienone is 1. The van der Waals surface area contributed by atoms with Crippen molar-refractivity contribution >= 4 is 22.7 Å². The summed E-state index contributed by atoms with van der Waals surface area (Å²) in [6, 6.07) is 16.7. The van der Waals surface area contributed by atoms with Crippen molar-refractivity contribution in [3.05, 3.63) is 66.0 Å². The fourth-order valence-corrected chi connectivity index (χ4v) is 6.38. The number of nitrogens with zero attached hydrogens (tertiary/aromatic N) is 2. The maximum absolute atomic E-state index is 12.9. The van der Waals surface area contributed by atoms with Crippen molar-refractivity contribution in [1.29, 1.82) is 0 Å². The number of nitrogens with one attached hydrogen (secondary N) is 2. The average Bonchev–Trinajstić information content (AvgIpc) is 3.35. The number of methoxy groups -OCH3 is 1. The predicted octanol–water partition coefficient (Wildman–Crippen LogP) is 6.21. The minimum absolute atomic E-state index is 0.0478. The molecule has 0 unspecified atom stereocenters. The Bertz CT molecular complexity index is 1300. The molecule has 0 spiro atoms. The molecule has 3 aromatic rings. The Hall–Kier alpha value is -3.32. The molecule has 1 amide bonds. The van der Waals surface area contributed by atoms with Crippen molar-refractivity contribution in [2.24, 2.45) is 11.8 Å². The van der Waals surface area contributed by atoms with E-state index < -0.39 is 5.60 Å². The number of aryl methyl sites for hydroxylation is 1. The summed E-state index contributed by atoms with van der Waals surface area (Å²) in [5.41, 5.74) is 4.15. The molecule has 208 valence electrons. The Labute approximate surface area is 232 Å². The van der Waals surface area contributed by atoms with Crippen LogP contribution in [0.1, 0.15) is 57.3 Å². The molecular weight excluding hydrogens is 488 g/mol. The van der Waals surface area contributed by atoms with Crippen LogP contribution >= 0.6 is 0 Å². The number of hydrogen-bond acceptors (Lipinski definition) is 5. The number of hydrogen-bond donors (Lipinski definition) is 2. The molecule has 39 heavy (non-hydrogen) atoms. The van der Waals surface area contributed by atoms with Gasteiger partial charge < -0.3 is 24.7 Å². The fraction of sp³-hybridized carbons (Fsp3) is 0.500. The molecule has 2 N–H and O–H groups in total. The van der Waals surface area contributed by atoms with E-state index in [1.54, 1.807) is 7.11 Å². The Kier molecular flexibility index (Phi) is 8.26. The van der Waals surface area contributed by atoms with Crippen LogP contribution in [0.4, 0.5) is 4.79 Å². The first-order valence-corrected chi connectivity index (χ1v) is 14.3. The van der Waals surface area contributed by atoms with Crippen LogP contribution in [0.25, 0.3) is 16.6 Å². The zero-order valence-electron chi connectivity index (χ0n) is 23.7. The third-order valence-electron chi connectivity index (χ3n) is 8.34. The molecule has 3 aliphatic rings. The normalized spacial score (nSPS) is 22.4. The molecule has 0 aliphatic heterocycles. The summed E-state index contributed by atoms with van der Waals surface area (Å²) in [4.78, 5) is 23.4. The summed E-state index contributed by atoms with van der Waals surface area (Å²) in [7, 11) is 3.84. The van der Waals surface area contributed by atoms with E-state index in [4.69, 9.17) is 14.5 Å². The van der Waals surface area contributed by atoms with Crippen LogP contribution < -0.4 is 10.1 Å². The fourth-order valence-electron chi connectivity index (χ4n) is 6.38. The molecule has 0 radical (unpaired) electrons. The van der Waals surface area contributed by atoms with Crippen molar-refractivity contribution in [3.8, 4) is 5.75 Å². The third-order valence-corrected chi connectivity index (χ3v) is 8.34. The summed E-state index contributed by atoms with van der Waals surface area (Å²) < 4.78 is 11.8. The Morgan fingerprint density at radius 3 is 2.69 bits per heavy atom. The van der Waals surface area contributed by atoms with Gasteiger partial charge in [0, 0.05) is 31.3 Å². The van der Waals surface area contributed by atoms with Gasteiger partial charge in [0.25, 0.3) is 0 Å². The summed E-state index contributed by atoms with van der Waals surface area (Å²) in [5, 5.41) is 2.96. The third kappa shape index (κ3) is 6.14. The first-order chi connectivity index (χ1) is 18.9. The minimum atomic E-state index is -0.469. The number of imidazole rings is 1. The average molecular weight is 531 g/mol. The van der Waals surface area contributed by atoms with E-state index >= 15 is 0 Å². The lowest BCUT2D eigenvalue weighted by atomic mass is 9.61. The van der Waals surface area contributed by atoms with Crippen LogP contribution in [0.3, 0.4) is 0 Å². The topological polar surface area (TPSA) is 79.5 Å². The van der Waals surface area contributed by atoms with Gasteiger partial charge in [-0.05, 0) is 82.3 Å². The van der Waals surface area contributed by atoms with E-state index in [0.717, 1.165) is 74.2 Å². The number of rotatable bonds is 11. The van der Waals surface area contributed by atoms with Gasteiger partial charge in [0.1, 0.15) is 22.7 Å². The highest BCUT2D eigenvalue weighted by Crippen LogP contribution is 2.52. The zero-order chi connectivity index (χ0) is 27.4. The number of amides is 1. The Morgan fingerprint density at radius 1 is 1.15 bits per heavy atom. The monoisotopic (exact) mass is 530 g/mol. The number of aromatic amines is 1. The highest BCUT2D eigenvalue weighted by Gasteiger charge is 2.50. The molecule has 7 heteroatoms. The molecule has 3 atom stereocenters. The van der Waals surface area contributed by atoms with Gasteiger partial charge in [-0.1, -0.05) is 42.5 Å². The first-order valence-electron chi connectivity index (χ1n) is 14.3. The van der Waals surface area contributed by atoms with E-state index in [-0.39, 0.29) is 18.1 Å². The van der Waals surface area contributed by atoms with Crippen LogP contribution in [-0.2, 0) is 11.2 Å². The summed E-state index contributed by atoms with van der Waals surface area (Å²) in [6.45, 7) is 5.77. The van der Waals surface area contributed by atoms with Crippen LogP contribution in [-0.4, -0.2) is 59.9 Å². The molecule has 1 fully saturated rings. The number of benzene rings is 2. The van der Waals surface area contributed by atoms with Crippen LogP contribution in [0.5, 0.6) is 5.75 Å². The molecule has 0 saturated heterocycles. The van der Waals surface area contributed by atoms with Gasteiger partial charge in [0.2, 0.25) is 0 Å². The van der Waals surface area contributed by atoms with E-state index in [1.165, 1.54) is 11.1 Å². The molecule has 2 bridgehead atoms. The molecule has 2 aromatic carbocycles. The lowest BCUT2D eigenvalue weighted by Crippen LogP contribution is -2.52. The highest BCUT2D eigenvalue weighted by atomic mass is 16.6. The maximum atomic E-state index is 12.9. The molecular formula is C32H42N4O3. The maximum Gasteiger partial charge on any atom is 0.407 e. The molecule has 1 saturated carbocycles. The number of ether oxygens (including phenoxy) is 2. The highest BCUT2D eigenvalue weighted by molar-refractivity contribution is 5.81. The van der Waals surface area contributed by atoms with Crippen LogP contribution in [0.2, 0.25) is 0 Å². The quantitative estimate of drug-likeness (QED) is 0.308. The van der Waals surface area contributed by atoms with Crippen LogP contribution in [0.15, 0.2) is 54.6 Å².